The summed E-state index contributed by atoms with van der Waals surface area (Å²) in [7, 11) is 0. The van der Waals surface area contributed by atoms with E-state index in [1.54, 1.807) is 13.0 Å². The summed E-state index contributed by atoms with van der Waals surface area (Å²) in [6.45, 7) is 3.91. The van der Waals surface area contributed by atoms with Gasteiger partial charge >= 0.3 is 0 Å². The van der Waals surface area contributed by atoms with E-state index in [0.717, 1.165) is 12.1 Å². The zero-order chi connectivity index (χ0) is 16.7. The maximum Gasteiger partial charge on any atom is 0.273 e. The standard InChI is InChI=1S/C17H21N3O2S/c1-3-4-5-13-6-8-14(9-7-13)18-17(23)20-19-16(21)15-10-11-22-12(15)2/h6-11H,3-5H2,1-2H3,(H,19,21)(H2,18,20,23). The first-order valence-electron chi connectivity index (χ1n) is 7.60. The van der Waals surface area contributed by atoms with Gasteiger partial charge in [-0.25, -0.2) is 0 Å². The second-order valence-corrected chi connectivity index (χ2v) is 5.63. The Kier molecular flexibility index (Phi) is 6.17. The van der Waals surface area contributed by atoms with Crippen molar-refractivity contribution >= 4 is 28.9 Å². The van der Waals surface area contributed by atoms with Crippen LogP contribution in [-0.2, 0) is 6.42 Å². The average Bonchev–Trinajstić information content (AvgIpc) is 2.98. The van der Waals surface area contributed by atoms with Crippen LogP contribution in [0.1, 0.15) is 41.4 Å². The fraction of sp³-hybridized carbons (Fsp3) is 0.294. The Bertz CT molecular complexity index is 665. The number of aryl methyl sites for hydroxylation is 2. The van der Waals surface area contributed by atoms with Crippen LogP contribution in [0, 0.1) is 6.92 Å². The minimum atomic E-state index is -0.296. The molecule has 2 aromatic rings. The van der Waals surface area contributed by atoms with Crippen molar-refractivity contribution in [1.82, 2.24) is 10.9 Å². The smallest absolute Gasteiger partial charge is 0.273 e. The van der Waals surface area contributed by atoms with E-state index in [9.17, 15) is 4.79 Å². The minimum Gasteiger partial charge on any atom is -0.469 e. The summed E-state index contributed by atoms with van der Waals surface area (Å²) in [6, 6.07) is 9.71. The summed E-state index contributed by atoms with van der Waals surface area (Å²) in [6.07, 6.45) is 4.93. The number of hydrogen-bond donors (Lipinski definition) is 3. The number of carbonyl (C=O) groups excluding carboxylic acids is 1. The highest BCUT2D eigenvalue weighted by atomic mass is 32.1. The van der Waals surface area contributed by atoms with Crippen molar-refractivity contribution in [2.45, 2.75) is 33.1 Å². The Morgan fingerprint density at radius 1 is 1.17 bits per heavy atom. The number of thiocarbonyl (C=S) groups is 1. The van der Waals surface area contributed by atoms with Crippen molar-refractivity contribution in [2.24, 2.45) is 0 Å². The monoisotopic (exact) mass is 331 g/mol. The molecule has 0 unspecified atom stereocenters. The number of furan rings is 1. The summed E-state index contributed by atoms with van der Waals surface area (Å²) in [5.74, 6) is 0.265. The van der Waals surface area contributed by atoms with Crippen LogP contribution < -0.4 is 16.2 Å². The molecule has 1 heterocycles. The third-order valence-electron chi connectivity index (χ3n) is 3.42. The molecule has 23 heavy (non-hydrogen) atoms. The summed E-state index contributed by atoms with van der Waals surface area (Å²) in [4.78, 5) is 11.9. The van der Waals surface area contributed by atoms with E-state index in [1.807, 2.05) is 12.1 Å². The van der Waals surface area contributed by atoms with Crippen LogP contribution in [0.3, 0.4) is 0 Å². The maximum absolute atomic E-state index is 11.9. The molecule has 0 bridgehead atoms. The van der Waals surface area contributed by atoms with Crippen molar-refractivity contribution < 1.29 is 9.21 Å². The molecule has 0 fully saturated rings. The molecule has 0 aliphatic heterocycles. The topological polar surface area (TPSA) is 66.3 Å². The molecule has 5 nitrogen and oxygen atoms in total. The average molecular weight is 331 g/mol. The number of carbonyl (C=O) groups is 1. The zero-order valence-corrected chi connectivity index (χ0v) is 14.1. The van der Waals surface area contributed by atoms with Gasteiger partial charge in [-0.3, -0.25) is 15.6 Å². The number of rotatable bonds is 5. The summed E-state index contributed by atoms with van der Waals surface area (Å²) in [5, 5.41) is 3.34. The third kappa shape index (κ3) is 5.10. The number of amides is 1. The minimum absolute atomic E-state index is 0.296. The molecule has 122 valence electrons. The first-order chi connectivity index (χ1) is 11.1. The number of nitrogens with one attached hydrogen (secondary N) is 3. The van der Waals surface area contributed by atoms with Crippen LogP contribution in [0.5, 0.6) is 0 Å². The molecule has 0 radical (unpaired) electrons. The molecule has 6 heteroatoms. The van der Waals surface area contributed by atoms with Gasteiger partial charge in [0.05, 0.1) is 11.8 Å². The van der Waals surface area contributed by atoms with Crippen molar-refractivity contribution in [3.8, 4) is 0 Å². The van der Waals surface area contributed by atoms with Crippen LogP contribution in [-0.4, -0.2) is 11.0 Å². The van der Waals surface area contributed by atoms with Crippen LogP contribution in [0.25, 0.3) is 0 Å². The van der Waals surface area contributed by atoms with E-state index >= 15 is 0 Å². The molecule has 0 saturated carbocycles. The number of hydrazine groups is 1. The molecule has 2 rings (SSSR count). The molecular formula is C17H21N3O2S. The van der Waals surface area contributed by atoms with E-state index in [0.29, 0.717) is 16.4 Å². The van der Waals surface area contributed by atoms with Gasteiger partial charge in [0.2, 0.25) is 0 Å². The molecule has 0 saturated heterocycles. The van der Waals surface area contributed by atoms with E-state index in [-0.39, 0.29) is 5.91 Å². The fourth-order valence-electron chi connectivity index (χ4n) is 2.10. The molecule has 0 aliphatic carbocycles. The zero-order valence-electron chi connectivity index (χ0n) is 13.3. The Labute approximate surface area is 141 Å². The largest absolute Gasteiger partial charge is 0.469 e. The number of hydrogen-bond acceptors (Lipinski definition) is 3. The Hall–Kier alpha value is -2.34. The molecule has 0 aliphatic rings. The summed E-state index contributed by atoms with van der Waals surface area (Å²) < 4.78 is 5.09. The summed E-state index contributed by atoms with van der Waals surface area (Å²) in [5.41, 5.74) is 7.86. The second-order valence-electron chi connectivity index (χ2n) is 5.22. The molecule has 1 aromatic carbocycles. The van der Waals surface area contributed by atoms with Gasteiger partial charge in [-0.1, -0.05) is 25.5 Å². The molecule has 1 amide bonds. The third-order valence-corrected chi connectivity index (χ3v) is 3.63. The van der Waals surface area contributed by atoms with Crippen molar-refractivity contribution in [3.63, 3.8) is 0 Å². The van der Waals surface area contributed by atoms with Gasteiger partial charge in [-0.15, -0.1) is 0 Å². The van der Waals surface area contributed by atoms with Gasteiger partial charge in [0.15, 0.2) is 5.11 Å². The lowest BCUT2D eigenvalue weighted by Gasteiger charge is -2.11. The first kappa shape index (κ1) is 17.0. The predicted octanol–water partition coefficient (Wildman–Crippen LogP) is 3.56. The van der Waals surface area contributed by atoms with Gasteiger partial charge in [0, 0.05) is 5.69 Å². The van der Waals surface area contributed by atoms with E-state index in [4.69, 9.17) is 16.6 Å². The van der Waals surface area contributed by atoms with Gasteiger partial charge in [-0.2, -0.15) is 0 Å². The second kappa shape index (κ2) is 8.33. The highest BCUT2D eigenvalue weighted by Crippen LogP contribution is 2.12. The van der Waals surface area contributed by atoms with E-state index < -0.39 is 0 Å². The van der Waals surface area contributed by atoms with Gasteiger partial charge < -0.3 is 9.73 Å². The Balaban J connectivity index is 1.80. The van der Waals surface area contributed by atoms with Gasteiger partial charge in [0.1, 0.15) is 5.76 Å². The van der Waals surface area contributed by atoms with Crippen molar-refractivity contribution in [3.05, 3.63) is 53.5 Å². The van der Waals surface area contributed by atoms with Gasteiger partial charge in [0.25, 0.3) is 5.91 Å². The molecule has 1 aromatic heterocycles. The molecule has 0 atom stereocenters. The lowest BCUT2D eigenvalue weighted by molar-refractivity contribution is 0.0942. The first-order valence-corrected chi connectivity index (χ1v) is 8.01. The maximum atomic E-state index is 11.9. The Morgan fingerprint density at radius 3 is 2.52 bits per heavy atom. The Morgan fingerprint density at radius 2 is 1.91 bits per heavy atom. The summed E-state index contributed by atoms with van der Waals surface area (Å²) >= 11 is 5.16. The van der Waals surface area contributed by atoms with Crippen LogP contribution in [0.4, 0.5) is 5.69 Å². The highest BCUT2D eigenvalue weighted by Gasteiger charge is 2.11. The molecular weight excluding hydrogens is 310 g/mol. The quantitative estimate of drug-likeness (QED) is 0.577. The van der Waals surface area contributed by atoms with Gasteiger partial charge in [-0.05, 0) is 55.7 Å². The van der Waals surface area contributed by atoms with Crippen LogP contribution in [0.15, 0.2) is 41.0 Å². The number of benzene rings is 1. The fourth-order valence-corrected chi connectivity index (χ4v) is 2.27. The molecule has 3 N–H and O–H groups in total. The van der Waals surface area contributed by atoms with Crippen LogP contribution >= 0.6 is 12.2 Å². The highest BCUT2D eigenvalue weighted by molar-refractivity contribution is 7.80. The lowest BCUT2D eigenvalue weighted by atomic mass is 10.1. The lowest BCUT2D eigenvalue weighted by Crippen LogP contribution is -2.43. The normalized spacial score (nSPS) is 10.2. The van der Waals surface area contributed by atoms with Crippen molar-refractivity contribution in [1.29, 1.82) is 0 Å². The molecule has 0 spiro atoms. The SMILES string of the molecule is CCCCc1ccc(NC(=S)NNC(=O)c2ccoc2C)cc1. The van der Waals surface area contributed by atoms with E-state index in [2.05, 4.69) is 35.2 Å². The van der Waals surface area contributed by atoms with E-state index in [1.165, 1.54) is 24.7 Å². The number of anilines is 1. The van der Waals surface area contributed by atoms with Crippen LogP contribution in [0.2, 0.25) is 0 Å². The predicted molar refractivity (Wildman–Crippen MR) is 95.3 cm³/mol. The van der Waals surface area contributed by atoms with Crippen molar-refractivity contribution in [2.75, 3.05) is 5.32 Å². The number of unbranched alkanes of at least 4 members (excludes halogenated alkanes) is 1.